The van der Waals surface area contributed by atoms with Crippen LogP contribution in [0.25, 0.3) is 0 Å². The Labute approximate surface area is 66.4 Å². The third-order valence-corrected chi connectivity index (χ3v) is 4.68. The molecule has 0 aliphatic heterocycles. The van der Waals surface area contributed by atoms with Gasteiger partial charge in [0, 0.05) is 0 Å². The van der Waals surface area contributed by atoms with E-state index in [4.69, 9.17) is 0 Å². The average molecular weight is 160 g/mol. The molecule has 1 N–H and O–H groups in total. The molecule has 0 heterocycles. The average Bonchev–Trinajstić information content (AvgIpc) is 1.91. The van der Waals surface area contributed by atoms with Crippen LogP contribution in [0, 0.1) is 0 Å². The molecule has 0 saturated heterocycles. The Morgan fingerprint density at radius 2 is 1.70 bits per heavy atom. The lowest BCUT2D eigenvalue weighted by atomic mass is 10.7. The summed E-state index contributed by atoms with van der Waals surface area (Å²) in [7, 11) is -0.734. The smallest absolute Gasteiger partial charge is 0.184 e. The van der Waals surface area contributed by atoms with Gasteiger partial charge in [0.1, 0.15) is 0 Å². The second-order valence-corrected chi connectivity index (χ2v) is 4.95. The highest BCUT2D eigenvalue weighted by Crippen LogP contribution is 1.89. The molecule has 62 valence electrons. The summed E-state index contributed by atoms with van der Waals surface area (Å²) in [6, 6.07) is 0. The molecular weight excluding hydrogens is 140 g/mol. The first-order valence-electron chi connectivity index (χ1n) is 4.23. The van der Waals surface area contributed by atoms with Crippen LogP contribution in [0.5, 0.6) is 0 Å². The van der Waals surface area contributed by atoms with E-state index in [2.05, 4.69) is 36.9 Å². The van der Waals surface area contributed by atoms with E-state index in [9.17, 15) is 0 Å². The van der Waals surface area contributed by atoms with Crippen LogP contribution in [-0.2, 0) is 0 Å². The molecule has 0 bridgehead atoms. The molecule has 1 unspecified atom stereocenters. The van der Waals surface area contributed by atoms with Gasteiger partial charge in [-0.15, -0.1) is 0 Å². The van der Waals surface area contributed by atoms with Crippen LogP contribution >= 0.6 is 0 Å². The van der Waals surface area contributed by atoms with Crippen LogP contribution in [0.2, 0.25) is 6.55 Å². The zero-order valence-corrected chi connectivity index (χ0v) is 8.80. The van der Waals surface area contributed by atoms with E-state index in [1.807, 2.05) is 0 Å². The van der Waals surface area contributed by atoms with E-state index < -0.39 is 9.12 Å². The first-order valence-corrected chi connectivity index (χ1v) is 6.48. The third-order valence-electron chi connectivity index (χ3n) is 1.86. The lowest BCUT2D eigenvalue weighted by molar-refractivity contribution is 0.471. The van der Waals surface area contributed by atoms with Crippen LogP contribution in [0.15, 0.2) is 0 Å². The van der Waals surface area contributed by atoms with Crippen LogP contribution in [0.1, 0.15) is 20.8 Å². The van der Waals surface area contributed by atoms with Gasteiger partial charge in [-0.05, 0) is 26.2 Å². The normalized spacial score (nSPS) is 14.1. The first-order chi connectivity index (χ1) is 4.76. The lowest BCUT2D eigenvalue weighted by Gasteiger charge is -2.25. The highest BCUT2D eigenvalue weighted by molar-refractivity contribution is 6.51. The molecular formula is C7H20N2Si. The van der Waals surface area contributed by atoms with Gasteiger partial charge in [0.15, 0.2) is 9.12 Å². The quantitative estimate of drug-likeness (QED) is 0.598. The monoisotopic (exact) mass is 160 g/mol. The van der Waals surface area contributed by atoms with Gasteiger partial charge in [-0.25, -0.2) is 0 Å². The second-order valence-electron chi connectivity index (χ2n) is 2.45. The number of rotatable bonds is 5. The lowest BCUT2D eigenvalue weighted by Crippen LogP contribution is -2.47. The largest absolute Gasteiger partial charge is 0.328 e. The maximum absolute atomic E-state index is 3.51. The van der Waals surface area contributed by atoms with Gasteiger partial charge in [-0.3, -0.25) is 0 Å². The molecule has 2 nitrogen and oxygen atoms in total. The highest BCUT2D eigenvalue weighted by Gasteiger charge is 2.08. The fraction of sp³-hybridized carbons (Fsp3) is 1.00. The van der Waals surface area contributed by atoms with Crippen LogP contribution < -0.4 is 4.98 Å². The Morgan fingerprint density at radius 3 is 2.00 bits per heavy atom. The van der Waals surface area contributed by atoms with E-state index in [0.29, 0.717) is 0 Å². The van der Waals surface area contributed by atoms with Gasteiger partial charge in [0.05, 0.1) is 0 Å². The molecule has 0 aliphatic carbocycles. The van der Waals surface area contributed by atoms with E-state index in [-0.39, 0.29) is 0 Å². The molecule has 0 saturated carbocycles. The van der Waals surface area contributed by atoms with Crippen LogP contribution in [0.4, 0.5) is 0 Å². The van der Waals surface area contributed by atoms with Crippen molar-refractivity contribution in [1.82, 2.24) is 9.55 Å². The molecule has 0 aliphatic rings. The third kappa shape index (κ3) is 3.34. The highest BCUT2D eigenvalue weighted by atomic mass is 28.3. The fourth-order valence-electron chi connectivity index (χ4n) is 1.20. The number of nitrogens with zero attached hydrogens (tertiary/aromatic N) is 1. The minimum absolute atomic E-state index is 0.734. The maximum atomic E-state index is 3.51. The number of hydrogen-bond acceptors (Lipinski definition) is 2. The summed E-state index contributed by atoms with van der Waals surface area (Å²) in [5, 5.41) is 0. The predicted molar refractivity (Wildman–Crippen MR) is 49.6 cm³/mol. The van der Waals surface area contributed by atoms with Gasteiger partial charge >= 0.3 is 0 Å². The van der Waals surface area contributed by atoms with E-state index in [0.717, 1.165) is 6.54 Å². The number of nitrogens with one attached hydrogen (secondary N) is 1. The summed E-state index contributed by atoms with van der Waals surface area (Å²) in [5.74, 6) is 0. The van der Waals surface area contributed by atoms with Crippen molar-refractivity contribution in [2.45, 2.75) is 27.3 Å². The van der Waals surface area contributed by atoms with Crippen LogP contribution in [-0.4, -0.2) is 33.3 Å². The Bertz CT molecular complexity index is 74.0. The zero-order valence-electron chi connectivity index (χ0n) is 7.65. The summed E-state index contributed by atoms with van der Waals surface area (Å²) in [6.07, 6.45) is 0. The standard InChI is InChI=1S/C7H20N2Si/c1-5-8-10(4)9(6-2)7-3/h8,10H,5-7H2,1-4H3. The summed E-state index contributed by atoms with van der Waals surface area (Å²) in [6.45, 7) is 12.5. The van der Waals surface area contributed by atoms with Crippen molar-refractivity contribution in [1.29, 1.82) is 0 Å². The minimum Gasteiger partial charge on any atom is -0.328 e. The van der Waals surface area contributed by atoms with Gasteiger partial charge in [0.25, 0.3) is 0 Å². The molecule has 0 aromatic heterocycles. The zero-order chi connectivity index (χ0) is 7.98. The van der Waals surface area contributed by atoms with E-state index >= 15 is 0 Å². The van der Waals surface area contributed by atoms with E-state index in [1.165, 1.54) is 13.1 Å². The van der Waals surface area contributed by atoms with Gasteiger partial charge in [-0.2, -0.15) is 0 Å². The molecule has 0 rings (SSSR count). The maximum Gasteiger partial charge on any atom is 0.184 e. The van der Waals surface area contributed by atoms with Gasteiger partial charge in [0.2, 0.25) is 0 Å². The molecule has 1 atom stereocenters. The topological polar surface area (TPSA) is 15.3 Å². The molecule has 0 amide bonds. The molecule has 0 spiro atoms. The Kier molecular flexibility index (Phi) is 5.97. The summed E-state index contributed by atoms with van der Waals surface area (Å²) in [5.41, 5.74) is 0. The van der Waals surface area contributed by atoms with Crippen LogP contribution in [0.3, 0.4) is 0 Å². The Hall–Kier alpha value is 0.137. The first kappa shape index (κ1) is 10.1. The van der Waals surface area contributed by atoms with Gasteiger partial charge in [-0.1, -0.05) is 20.8 Å². The van der Waals surface area contributed by atoms with Crippen molar-refractivity contribution in [3.05, 3.63) is 0 Å². The van der Waals surface area contributed by atoms with Crippen molar-refractivity contribution in [2.75, 3.05) is 19.6 Å². The summed E-state index contributed by atoms with van der Waals surface area (Å²) < 4.78 is 2.53. The van der Waals surface area contributed by atoms with Crippen molar-refractivity contribution >= 4 is 9.12 Å². The summed E-state index contributed by atoms with van der Waals surface area (Å²) in [4.78, 5) is 3.51. The Morgan fingerprint density at radius 1 is 1.20 bits per heavy atom. The van der Waals surface area contributed by atoms with Crippen molar-refractivity contribution in [3.8, 4) is 0 Å². The number of hydrogen-bond donors (Lipinski definition) is 1. The second kappa shape index (κ2) is 5.89. The van der Waals surface area contributed by atoms with Crippen molar-refractivity contribution in [3.63, 3.8) is 0 Å². The fourth-order valence-corrected chi connectivity index (χ4v) is 3.14. The van der Waals surface area contributed by atoms with E-state index in [1.54, 1.807) is 0 Å². The Balaban J connectivity index is 3.53. The molecule has 3 heteroatoms. The molecule has 0 aromatic rings. The van der Waals surface area contributed by atoms with Crippen molar-refractivity contribution < 1.29 is 0 Å². The molecule has 0 aromatic carbocycles. The predicted octanol–water partition coefficient (Wildman–Crippen LogP) is 0.788. The molecule has 0 fully saturated rings. The SMILES string of the molecule is CCN[SiH](C)N(CC)CC. The molecule has 0 radical (unpaired) electrons. The minimum atomic E-state index is -0.734. The van der Waals surface area contributed by atoms with Gasteiger partial charge < -0.3 is 9.55 Å². The summed E-state index contributed by atoms with van der Waals surface area (Å²) >= 11 is 0. The van der Waals surface area contributed by atoms with Crippen molar-refractivity contribution in [2.24, 2.45) is 0 Å². The molecule has 10 heavy (non-hydrogen) atoms.